The second-order valence-electron chi connectivity index (χ2n) is 17.8. The van der Waals surface area contributed by atoms with E-state index in [0.29, 0.717) is 48.8 Å². The number of hydrogen-bond acceptors (Lipinski definition) is 10. The van der Waals surface area contributed by atoms with Crippen LogP contribution in [0.1, 0.15) is 87.2 Å². The van der Waals surface area contributed by atoms with Crippen molar-refractivity contribution in [2.75, 3.05) is 49.1 Å². The van der Waals surface area contributed by atoms with Crippen molar-refractivity contribution in [1.29, 1.82) is 0 Å². The van der Waals surface area contributed by atoms with E-state index in [1.54, 1.807) is 11.2 Å². The second-order valence-corrected chi connectivity index (χ2v) is 17.8. The van der Waals surface area contributed by atoms with Gasteiger partial charge in [-0.05, 0) is 111 Å². The number of urea groups is 1. The van der Waals surface area contributed by atoms with Gasteiger partial charge in [-0.3, -0.25) is 15.0 Å². The van der Waals surface area contributed by atoms with Crippen LogP contribution < -0.4 is 20.4 Å². The Morgan fingerprint density at radius 1 is 0.917 bits per heavy atom. The molecule has 0 atom stereocenters. The standard InChI is InChI=1S/C47H54N10O3/c1-29-24-34(6-7-35(29)26-48-30(2)44-53-45(54-60-44)47(3,4)5)42-41-38-13-8-33(25-39(38)51-43(41)50-28-49-42)32-16-19-55(20-17-32)27-31-14-21-56(22-15-31)36-9-11-37(12-10-36)57-23-18-40(58)52-46(57)59/h6-13,24-25,28,31-32,48H,2,14-23,26-27H2,1,3-5H3,(H,49,50,51)(H,52,58,59). The van der Waals surface area contributed by atoms with Gasteiger partial charge in [0.05, 0.1) is 16.8 Å². The van der Waals surface area contributed by atoms with Gasteiger partial charge in [-0.15, -0.1) is 0 Å². The average molecular weight is 807 g/mol. The molecule has 60 heavy (non-hydrogen) atoms. The number of piperidine rings is 2. The molecule has 3 aromatic carbocycles. The second kappa shape index (κ2) is 16.2. The van der Waals surface area contributed by atoms with E-state index in [1.165, 1.54) is 24.1 Å². The molecule has 6 aromatic rings. The SMILES string of the molecule is C=C(NCc1ccc(-c2ncnc3[nH]c4cc(C5CCN(CC6CCN(c7ccc(N8CCC(=O)NC8=O)cc7)CC6)CC5)ccc4c23)cc1C)c1nc(C(C)(C)C)no1. The molecule has 9 rings (SSSR count). The first-order valence-electron chi connectivity index (χ1n) is 21.3. The zero-order valence-corrected chi connectivity index (χ0v) is 35.1. The van der Waals surface area contributed by atoms with E-state index in [4.69, 9.17) is 9.51 Å². The van der Waals surface area contributed by atoms with Crippen molar-refractivity contribution in [3.05, 3.63) is 102 Å². The number of rotatable bonds is 10. The number of imide groups is 1. The summed E-state index contributed by atoms with van der Waals surface area (Å²) in [6.07, 6.45) is 6.66. The third-order valence-corrected chi connectivity index (χ3v) is 12.6. The molecule has 0 spiro atoms. The highest BCUT2D eigenvalue weighted by molar-refractivity contribution is 6.12. The molecule has 3 fully saturated rings. The topological polar surface area (TPSA) is 148 Å². The van der Waals surface area contributed by atoms with Gasteiger partial charge < -0.3 is 24.6 Å². The summed E-state index contributed by atoms with van der Waals surface area (Å²) >= 11 is 0. The minimum Gasteiger partial charge on any atom is -0.377 e. The maximum Gasteiger partial charge on any atom is 0.328 e. The van der Waals surface area contributed by atoms with Crippen molar-refractivity contribution >= 4 is 50.9 Å². The van der Waals surface area contributed by atoms with Gasteiger partial charge in [-0.2, -0.15) is 4.98 Å². The molecule has 3 aliphatic heterocycles. The number of H-pyrrole nitrogens is 1. The fraction of sp³-hybridized carbons (Fsp3) is 0.404. The summed E-state index contributed by atoms with van der Waals surface area (Å²) in [6.45, 7) is 18.9. The number of carbonyl (C=O) groups is 2. The van der Waals surface area contributed by atoms with Crippen LogP contribution in [0.4, 0.5) is 16.2 Å². The predicted molar refractivity (Wildman–Crippen MR) is 236 cm³/mol. The Morgan fingerprint density at radius 3 is 2.40 bits per heavy atom. The van der Waals surface area contributed by atoms with Gasteiger partial charge in [0, 0.05) is 72.4 Å². The highest BCUT2D eigenvalue weighted by Gasteiger charge is 2.28. The number of anilines is 2. The summed E-state index contributed by atoms with van der Waals surface area (Å²) < 4.78 is 5.46. The number of fused-ring (bicyclic) bond motifs is 3. The lowest BCUT2D eigenvalue weighted by molar-refractivity contribution is -0.120. The molecule has 3 aliphatic rings. The number of amides is 3. The zero-order chi connectivity index (χ0) is 41.5. The van der Waals surface area contributed by atoms with Crippen LogP contribution in [0.15, 0.2) is 78.1 Å². The Bertz CT molecular complexity index is 2550. The quantitative estimate of drug-likeness (QED) is 0.124. The van der Waals surface area contributed by atoms with Gasteiger partial charge in [0.25, 0.3) is 5.89 Å². The van der Waals surface area contributed by atoms with E-state index in [2.05, 4.69) is 123 Å². The lowest BCUT2D eigenvalue weighted by Gasteiger charge is -2.38. The van der Waals surface area contributed by atoms with Crippen molar-refractivity contribution in [1.82, 2.24) is 40.6 Å². The lowest BCUT2D eigenvalue weighted by Crippen LogP contribution is -2.49. The van der Waals surface area contributed by atoms with E-state index in [-0.39, 0.29) is 17.4 Å². The smallest absolute Gasteiger partial charge is 0.328 e. The highest BCUT2D eigenvalue weighted by atomic mass is 16.5. The van der Waals surface area contributed by atoms with Gasteiger partial charge in [-0.25, -0.2) is 14.8 Å². The molecule has 310 valence electrons. The van der Waals surface area contributed by atoms with E-state index in [0.717, 1.165) is 95.6 Å². The van der Waals surface area contributed by atoms with Crippen molar-refractivity contribution in [3.63, 3.8) is 0 Å². The molecule has 3 amide bonds. The van der Waals surface area contributed by atoms with Gasteiger partial charge in [0.1, 0.15) is 12.0 Å². The summed E-state index contributed by atoms with van der Waals surface area (Å²) in [7, 11) is 0. The molecular formula is C47H54N10O3. The number of likely N-dealkylation sites (tertiary alicyclic amines) is 1. The summed E-state index contributed by atoms with van der Waals surface area (Å²) in [6, 6.07) is 21.2. The van der Waals surface area contributed by atoms with E-state index < -0.39 is 0 Å². The number of nitrogens with one attached hydrogen (secondary N) is 3. The molecular weight excluding hydrogens is 753 g/mol. The fourth-order valence-corrected chi connectivity index (χ4v) is 9.03. The molecule has 0 radical (unpaired) electrons. The van der Waals surface area contributed by atoms with Crippen molar-refractivity contribution < 1.29 is 14.1 Å². The van der Waals surface area contributed by atoms with Crippen LogP contribution >= 0.6 is 0 Å². The number of carbonyl (C=O) groups excluding carboxylic acids is 2. The normalized spacial score (nSPS) is 17.5. The molecule has 13 nitrogen and oxygen atoms in total. The van der Waals surface area contributed by atoms with Crippen LogP contribution in [0.5, 0.6) is 0 Å². The third-order valence-electron chi connectivity index (χ3n) is 12.6. The number of aromatic amines is 1. The lowest BCUT2D eigenvalue weighted by atomic mass is 9.87. The Morgan fingerprint density at radius 2 is 1.68 bits per heavy atom. The van der Waals surface area contributed by atoms with Gasteiger partial charge in [-0.1, -0.05) is 56.8 Å². The summed E-state index contributed by atoms with van der Waals surface area (Å²) in [5.41, 5.74) is 10.0. The molecule has 0 saturated carbocycles. The Labute approximate surface area is 350 Å². The van der Waals surface area contributed by atoms with Crippen LogP contribution in [-0.2, 0) is 16.8 Å². The Balaban J connectivity index is 0.789. The first kappa shape index (κ1) is 39.4. The van der Waals surface area contributed by atoms with Crippen LogP contribution in [-0.4, -0.2) is 81.2 Å². The van der Waals surface area contributed by atoms with E-state index in [1.807, 2.05) is 12.1 Å². The monoisotopic (exact) mass is 806 g/mol. The molecule has 6 heterocycles. The maximum absolute atomic E-state index is 12.3. The number of benzene rings is 3. The molecule has 0 bridgehead atoms. The third kappa shape index (κ3) is 8.10. The summed E-state index contributed by atoms with van der Waals surface area (Å²) in [5, 5.41) is 12.1. The average Bonchev–Trinajstić information content (AvgIpc) is 3.90. The van der Waals surface area contributed by atoms with Crippen LogP contribution in [0, 0.1) is 12.8 Å². The number of hydrogen-bond donors (Lipinski definition) is 3. The fourth-order valence-electron chi connectivity index (χ4n) is 9.03. The van der Waals surface area contributed by atoms with Gasteiger partial charge in [0.2, 0.25) is 5.91 Å². The summed E-state index contributed by atoms with van der Waals surface area (Å²) in [4.78, 5) is 48.2. The zero-order valence-electron chi connectivity index (χ0n) is 35.1. The van der Waals surface area contributed by atoms with E-state index in [9.17, 15) is 9.59 Å². The Hall–Kier alpha value is -6.08. The van der Waals surface area contributed by atoms with Crippen LogP contribution in [0.25, 0.3) is 38.9 Å². The molecule has 13 heteroatoms. The van der Waals surface area contributed by atoms with Gasteiger partial charge >= 0.3 is 6.03 Å². The Kier molecular flexibility index (Phi) is 10.6. The predicted octanol–water partition coefficient (Wildman–Crippen LogP) is 8.07. The number of aryl methyl sites for hydroxylation is 1. The van der Waals surface area contributed by atoms with Gasteiger partial charge in [0.15, 0.2) is 5.82 Å². The van der Waals surface area contributed by atoms with Crippen LogP contribution in [0.2, 0.25) is 0 Å². The molecule has 0 aliphatic carbocycles. The first-order chi connectivity index (χ1) is 29.0. The number of nitrogens with zero attached hydrogens (tertiary/aromatic N) is 7. The highest BCUT2D eigenvalue weighted by Crippen LogP contribution is 2.37. The van der Waals surface area contributed by atoms with Crippen molar-refractivity contribution in [2.24, 2.45) is 5.92 Å². The minimum absolute atomic E-state index is 0.200. The largest absolute Gasteiger partial charge is 0.377 e. The van der Waals surface area contributed by atoms with E-state index >= 15 is 0 Å². The number of aromatic nitrogens is 5. The minimum atomic E-state index is -0.343. The molecule has 3 aromatic heterocycles. The maximum atomic E-state index is 12.3. The molecule has 0 unspecified atom stereocenters. The van der Waals surface area contributed by atoms with Crippen LogP contribution in [0.3, 0.4) is 0 Å². The molecule has 3 saturated heterocycles. The molecule has 3 N–H and O–H groups in total. The van der Waals surface area contributed by atoms with Crippen molar-refractivity contribution in [3.8, 4) is 11.3 Å². The summed E-state index contributed by atoms with van der Waals surface area (Å²) in [5.74, 6) is 2.08. The van der Waals surface area contributed by atoms with Crippen molar-refractivity contribution in [2.45, 2.75) is 77.7 Å². The first-order valence-corrected chi connectivity index (χ1v) is 21.3.